The van der Waals surface area contributed by atoms with Crippen molar-refractivity contribution in [2.45, 2.75) is 51.2 Å². The van der Waals surface area contributed by atoms with Gasteiger partial charge in [-0.3, -0.25) is 9.79 Å². The van der Waals surface area contributed by atoms with Crippen LogP contribution < -0.4 is 11.1 Å². The number of carbonyl (C=O) groups excluding carboxylic acids is 1. The van der Waals surface area contributed by atoms with E-state index in [1.165, 1.54) is 18.3 Å². The Balaban J connectivity index is 2.13. The third-order valence-corrected chi connectivity index (χ3v) is 6.20. The highest BCUT2D eigenvalue weighted by atomic mass is 19.3. The Hall–Kier alpha value is -3.59. The third kappa shape index (κ3) is 5.96. The molecule has 1 aromatic heterocycles. The van der Waals surface area contributed by atoms with E-state index in [2.05, 4.69) is 27.0 Å². The zero-order valence-electron chi connectivity index (χ0n) is 20.4. The smallest absolute Gasteiger partial charge is 0.310 e. The van der Waals surface area contributed by atoms with Crippen molar-refractivity contribution in [2.24, 2.45) is 21.6 Å². The van der Waals surface area contributed by atoms with E-state index in [0.717, 1.165) is 13.0 Å². The number of hydrogen-bond donors (Lipinski definition) is 2. The minimum atomic E-state index is -3.87. The number of nitrogens with two attached hydrogens (primary N) is 1. The molecule has 1 aliphatic rings. The molecule has 36 heavy (non-hydrogen) atoms. The molecule has 3 unspecified atom stereocenters. The van der Waals surface area contributed by atoms with Gasteiger partial charge < -0.3 is 15.8 Å². The molecule has 0 radical (unpaired) electrons. The lowest BCUT2D eigenvalue weighted by atomic mass is 9.82. The minimum Gasteiger partial charge on any atom is -0.385 e. The second-order valence-electron chi connectivity index (χ2n) is 8.90. The lowest BCUT2D eigenvalue weighted by Gasteiger charge is -2.44. The van der Waals surface area contributed by atoms with Gasteiger partial charge in [-0.05, 0) is 57.2 Å². The number of ether oxygens (including phenoxy) is 1. The molecule has 0 fully saturated rings. The average Bonchev–Trinajstić information content (AvgIpc) is 2.83. The monoisotopic (exact) mass is 508 g/mol. The summed E-state index contributed by atoms with van der Waals surface area (Å²) < 4.78 is 60.8. The second kappa shape index (κ2) is 11.0. The number of aromatic nitrogens is 1. The summed E-state index contributed by atoms with van der Waals surface area (Å²) in [5.74, 6) is -6.28. The average molecular weight is 509 g/mol. The summed E-state index contributed by atoms with van der Waals surface area (Å²) in [7, 11) is 0. The van der Waals surface area contributed by atoms with Crippen molar-refractivity contribution >= 4 is 18.5 Å². The van der Waals surface area contributed by atoms with E-state index in [9.17, 15) is 22.4 Å². The number of nitrogens with zero attached hydrogens (tertiary/aromatic N) is 4. The maximum Gasteiger partial charge on any atom is 0.310 e. The van der Waals surface area contributed by atoms with E-state index in [1.807, 2.05) is 6.07 Å². The van der Waals surface area contributed by atoms with Gasteiger partial charge in [0.1, 0.15) is 29.2 Å². The number of carbonyl (C=O) groups is 1. The van der Waals surface area contributed by atoms with Crippen LogP contribution in [0.1, 0.15) is 48.8 Å². The van der Waals surface area contributed by atoms with Crippen molar-refractivity contribution in [1.82, 2.24) is 10.3 Å². The first-order chi connectivity index (χ1) is 16.7. The van der Waals surface area contributed by atoms with Crippen LogP contribution in [0.4, 0.5) is 17.6 Å². The number of amides is 1. The zero-order chi connectivity index (χ0) is 27.3. The van der Waals surface area contributed by atoms with E-state index in [-0.39, 0.29) is 24.5 Å². The summed E-state index contributed by atoms with van der Waals surface area (Å²) in [6.07, 6.45) is 3.35. The van der Waals surface area contributed by atoms with Gasteiger partial charge in [0.15, 0.2) is 12.3 Å². The first kappa shape index (κ1) is 28.6. The number of hydrogen-bond acceptors (Lipinski definition) is 7. The van der Waals surface area contributed by atoms with Gasteiger partial charge in [-0.2, -0.15) is 14.0 Å². The van der Waals surface area contributed by atoms with Crippen LogP contribution in [0.3, 0.4) is 0 Å². The van der Waals surface area contributed by atoms with Crippen LogP contribution in [-0.2, 0) is 4.74 Å². The van der Waals surface area contributed by atoms with Crippen molar-refractivity contribution in [3.8, 4) is 6.07 Å². The Morgan fingerprint density at radius 1 is 1.47 bits per heavy atom. The Labute approximate surface area is 206 Å². The lowest BCUT2D eigenvalue weighted by molar-refractivity contribution is -0.186. The normalized spacial score (nSPS) is 23.9. The van der Waals surface area contributed by atoms with Crippen molar-refractivity contribution in [3.05, 3.63) is 52.9 Å². The van der Waals surface area contributed by atoms with Gasteiger partial charge in [-0.1, -0.05) is 6.92 Å². The van der Waals surface area contributed by atoms with Gasteiger partial charge in [0, 0.05) is 12.6 Å². The van der Waals surface area contributed by atoms with Crippen LogP contribution in [-0.4, -0.2) is 53.8 Å². The summed E-state index contributed by atoms with van der Waals surface area (Å²) in [5, 5.41) is 11.4. The fraction of sp³-hybridized carbons (Fsp3) is 0.458. The van der Waals surface area contributed by atoms with Crippen LogP contribution >= 0.6 is 0 Å². The number of amidine groups is 1. The SMILES string of the molecule is C=NC(=CC=C(F)CC(C)C1(C)COC(C)(C(F)(F)CF)C(N)=N1)NC(=O)c1ncc(C#N)cc1C. The summed E-state index contributed by atoms with van der Waals surface area (Å²) in [6.45, 7) is 6.85. The molecule has 1 aromatic rings. The number of alkyl halides is 3. The number of aryl methyl sites for hydroxylation is 1. The van der Waals surface area contributed by atoms with Gasteiger partial charge in [0.25, 0.3) is 5.91 Å². The highest BCUT2D eigenvalue weighted by Gasteiger charge is 2.58. The van der Waals surface area contributed by atoms with Crippen LogP contribution in [0.25, 0.3) is 0 Å². The summed E-state index contributed by atoms with van der Waals surface area (Å²) >= 11 is 0. The molecule has 3 atom stereocenters. The maximum absolute atomic E-state index is 14.7. The Bertz CT molecular complexity index is 1160. The van der Waals surface area contributed by atoms with Gasteiger partial charge >= 0.3 is 5.92 Å². The molecule has 0 bridgehead atoms. The van der Waals surface area contributed by atoms with E-state index in [1.54, 1.807) is 20.8 Å². The number of allylic oxidation sites excluding steroid dienone is 3. The highest BCUT2D eigenvalue weighted by molar-refractivity contribution is 5.95. The number of nitrogens with one attached hydrogen (secondary N) is 1. The van der Waals surface area contributed by atoms with Crippen LogP contribution in [0.15, 0.2) is 46.0 Å². The quantitative estimate of drug-likeness (QED) is 0.297. The molecule has 8 nitrogen and oxygen atoms in total. The molecule has 2 heterocycles. The molecule has 0 saturated carbocycles. The van der Waals surface area contributed by atoms with Gasteiger partial charge in [0.05, 0.1) is 17.7 Å². The molecule has 1 amide bonds. The third-order valence-electron chi connectivity index (χ3n) is 6.20. The Kier molecular flexibility index (Phi) is 8.75. The molecule has 0 spiro atoms. The van der Waals surface area contributed by atoms with Gasteiger partial charge in [-0.15, -0.1) is 0 Å². The maximum atomic E-state index is 14.7. The van der Waals surface area contributed by atoms with Crippen molar-refractivity contribution in [2.75, 3.05) is 13.3 Å². The standard InChI is InChI=1S/C24H28F4N6O2/c1-14-8-16(10-29)11-32-19(14)20(35)33-18(31-5)7-6-17(26)9-15(2)22(3)13-36-23(4,21(30)34-22)24(27,28)12-25/h6-8,11,15H,5,9,12-13H2,1-4H3,(H2,30,34)(H,33,35). The van der Waals surface area contributed by atoms with Crippen molar-refractivity contribution in [1.29, 1.82) is 5.26 Å². The number of rotatable bonds is 9. The highest BCUT2D eigenvalue weighted by Crippen LogP contribution is 2.40. The van der Waals surface area contributed by atoms with E-state index < -0.39 is 47.2 Å². The fourth-order valence-corrected chi connectivity index (χ4v) is 3.38. The largest absolute Gasteiger partial charge is 0.385 e. The molecule has 1 aliphatic heterocycles. The summed E-state index contributed by atoms with van der Waals surface area (Å²) in [6, 6.07) is 3.42. The number of pyridine rings is 1. The predicted octanol–water partition coefficient (Wildman–Crippen LogP) is 3.92. The minimum absolute atomic E-state index is 0.0490. The summed E-state index contributed by atoms with van der Waals surface area (Å²) in [5.41, 5.74) is 3.02. The molecule has 0 aliphatic carbocycles. The Morgan fingerprint density at radius 2 is 2.14 bits per heavy atom. The molecule has 0 aromatic carbocycles. The lowest BCUT2D eigenvalue weighted by Crippen LogP contribution is -2.63. The molecule has 12 heteroatoms. The number of nitriles is 1. The van der Waals surface area contributed by atoms with E-state index in [4.69, 9.17) is 15.7 Å². The molecule has 3 N–H and O–H groups in total. The number of aliphatic imine (C=N–C) groups is 2. The zero-order valence-corrected chi connectivity index (χ0v) is 20.4. The van der Waals surface area contributed by atoms with Gasteiger partial charge in [-0.25, -0.2) is 18.8 Å². The van der Waals surface area contributed by atoms with Crippen LogP contribution in [0.2, 0.25) is 0 Å². The van der Waals surface area contributed by atoms with Gasteiger partial charge in [0.2, 0.25) is 0 Å². The van der Waals surface area contributed by atoms with Crippen LogP contribution in [0.5, 0.6) is 0 Å². The molecule has 2 rings (SSSR count). The first-order valence-electron chi connectivity index (χ1n) is 10.9. The molecule has 0 saturated heterocycles. The predicted molar refractivity (Wildman–Crippen MR) is 127 cm³/mol. The summed E-state index contributed by atoms with van der Waals surface area (Å²) in [4.78, 5) is 24.2. The topological polar surface area (TPSA) is 126 Å². The molecule has 194 valence electrons. The van der Waals surface area contributed by atoms with E-state index in [0.29, 0.717) is 11.1 Å². The van der Waals surface area contributed by atoms with E-state index >= 15 is 0 Å². The fourth-order valence-electron chi connectivity index (χ4n) is 3.38. The molecular formula is C24H28F4N6O2. The van der Waals surface area contributed by atoms with Crippen LogP contribution in [0, 0.1) is 24.2 Å². The van der Waals surface area contributed by atoms with Crippen molar-refractivity contribution < 1.29 is 27.1 Å². The number of halogens is 4. The second-order valence-corrected chi connectivity index (χ2v) is 8.90. The van der Waals surface area contributed by atoms with Crippen molar-refractivity contribution in [3.63, 3.8) is 0 Å². The molecular weight excluding hydrogens is 480 g/mol. The first-order valence-corrected chi connectivity index (χ1v) is 10.9. The Morgan fingerprint density at radius 3 is 2.67 bits per heavy atom.